The van der Waals surface area contributed by atoms with E-state index in [-0.39, 0.29) is 6.10 Å². The molecule has 3 nitrogen and oxygen atoms in total. The van der Waals surface area contributed by atoms with Crippen LogP contribution < -0.4 is 0 Å². The molecular weight excluding hydrogens is 214 g/mol. The highest BCUT2D eigenvalue weighted by Gasteiger charge is 2.31. The van der Waals surface area contributed by atoms with Gasteiger partial charge in [0, 0.05) is 25.4 Å². The number of hydrogen-bond acceptors (Lipinski definition) is 2. The quantitative estimate of drug-likeness (QED) is 0.819. The maximum absolute atomic E-state index is 12.1. The van der Waals surface area contributed by atoms with Crippen molar-refractivity contribution in [3.05, 3.63) is 0 Å². The average Bonchev–Trinajstić information content (AvgIpc) is 2.86. The molecule has 1 N–H and O–H groups in total. The minimum atomic E-state index is -0.278. The fraction of sp³-hybridized carbons (Fsp3) is 0.929. The standard InChI is InChI=1S/C14H25NO2/c1-10-3-4-12(7-10)8-14(17)15-6-5-13(9-15)11(2)16/h10-13,16H,3-9H2,1-2H3. The lowest BCUT2D eigenvalue weighted by Crippen LogP contribution is -2.31. The SMILES string of the molecule is CC1CCC(CC(=O)N2CCC(C(C)O)C2)C1. The van der Waals surface area contributed by atoms with E-state index in [9.17, 15) is 9.90 Å². The summed E-state index contributed by atoms with van der Waals surface area (Å²) in [6, 6.07) is 0. The summed E-state index contributed by atoms with van der Waals surface area (Å²) < 4.78 is 0. The molecule has 3 heteroatoms. The second-order valence-corrected chi connectivity index (χ2v) is 6.12. The van der Waals surface area contributed by atoms with E-state index in [0.29, 0.717) is 17.7 Å². The zero-order chi connectivity index (χ0) is 12.4. The van der Waals surface area contributed by atoms with Crippen LogP contribution in [0.15, 0.2) is 0 Å². The van der Waals surface area contributed by atoms with Gasteiger partial charge in [-0.15, -0.1) is 0 Å². The van der Waals surface area contributed by atoms with Crippen molar-refractivity contribution in [2.75, 3.05) is 13.1 Å². The second-order valence-electron chi connectivity index (χ2n) is 6.12. The molecule has 1 saturated carbocycles. The number of nitrogens with zero attached hydrogens (tertiary/aromatic N) is 1. The van der Waals surface area contributed by atoms with Crippen molar-refractivity contribution in [2.45, 2.75) is 52.1 Å². The highest BCUT2D eigenvalue weighted by molar-refractivity contribution is 5.76. The minimum absolute atomic E-state index is 0.278. The Morgan fingerprint density at radius 3 is 2.71 bits per heavy atom. The van der Waals surface area contributed by atoms with Gasteiger partial charge in [-0.25, -0.2) is 0 Å². The molecule has 2 fully saturated rings. The van der Waals surface area contributed by atoms with Crippen molar-refractivity contribution in [1.29, 1.82) is 0 Å². The van der Waals surface area contributed by atoms with E-state index in [2.05, 4.69) is 6.92 Å². The molecule has 1 aliphatic carbocycles. The van der Waals surface area contributed by atoms with Crippen LogP contribution in [-0.2, 0) is 4.79 Å². The fourth-order valence-corrected chi connectivity index (χ4v) is 3.29. The van der Waals surface area contributed by atoms with Crippen molar-refractivity contribution < 1.29 is 9.90 Å². The molecule has 0 aromatic carbocycles. The molecule has 1 aliphatic heterocycles. The van der Waals surface area contributed by atoms with Crippen molar-refractivity contribution >= 4 is 5.91 Å². The van der Waals surface area contributed by atoms with Gasteiger partial charge in [-0.3, -0.25) is 4.79 Å². The second kappa shape index (κ2) is 5.38. The predicted molar refractivity (Wildman–Crippen MR) is 67.5 cm³/mol. The molecule has 0 spiro atoms. The van der Waals surface area contributed by atoms with Crippen LogP contribution in [0.25, 0.3) is 0 Å². The molecule has 1 saturated heterocycles. The van der Waals surface area contributed by atoms with Crippen LogP contribution >= 0.6 is 0 Å². The summed E-state index contributed by atoms with van der Waals surface area (Å²) in [7, 11) is 0. The van der Waals surface area contributed by atoms with E-state index in [0.717, 1.165) is 31.8 Å². The molecular formula is C14H25NO2. The number of rotatable bonds is 3. The van der Waals surface area contributed by atoms with Gasteiger partial charge in [0.2, 0.25) is 5.91 Å². The van der Waals surface area contributed by atoms with E-state index >= 15 is 0 Å². The Hall–Kier alpha value is -0.570. The van der Waals surface area contributed by atoms with Gasteiger partial charge in [0.15, 0.2) is 0 Å². The first-order chi connectivity index (χ1) is 8.06. The summed E-state index contributed by atoms with van der Waals surface area (Å²) in [4.78, 5) is 14.1. The number of aliphatic hydroxyl groups is 1. The molecule has 0 aromatic heterocycles. The number of hydrogen-bond donors (Lipinski definition) is 1. The van der Waals surface area contributed by atoms with Crippen LogP contribution in [0.1, 0.15) is 46.0 Å². The lowest BCUT2D eigenvalue weighted by molar-refractivity contribution is -0.131. The molecule has 1 heterocycles. The summed E-state index contributed by atoms with van der Waals surface area (Å²) in [5.74, 6) is 2.02. The van der Waals surface area contributed by atoms with E-state index < -0.39 is 0 Å². The molecule has 1 amide bonds. The van der Waals surface area contributed by atoms with Crippen molar-refractivity contribution in [3.8, 4) is 0 Å². The van der Waals surface area contributed by atoms with Gasteiger partial charge >= 0.3 is 0 Å². The highest BCUT2D eigenvalue weighted by Crippen LogP contribution is 2.33. The first-order valence-corrected chi connectivity index (χ1v) is 7.02. The van der Waals surface area contributed by atoms with Crippen LogP contribution in [0.3, 0.4) is 0 Å². The number of amides is 1. The first kappa shape index (κ1) is 12.9. The van der Waals surface area contributed by atoms with Gasteiger partial charge in [-0.1, -0.05) is 13.3 Å². The van der Waals surface area contributed by atoms with Crippen LogP contribution in [0.2, 0.25) is 0 Å². The third kappa shape index (κ3) is 3.21. The van der Waals surface area contributed by atoms with Crippen LogP contribution in [0, 0.1) is 17.8 Å². The van der Waals surface area contributed by atoms with E-state index in [4.69, 9.17) is 0 Å². The Morgan fingerprint density at radius 1 is 1.41 bits per heavy atom. The summed E-state index contributed by atoms with van der Waals surface area (Å²) in [6.07, 6.45) is 5.15. The monoisotopic (exact) mass is 239 g/mol. The van der Waals surface area contributed by atoms with Crippen molar-refractivity contribution in [1.82, 2.24) is 4.90 Å². The largest absolute Gasteiger partial charge is 0.393 e. The average molecular weight is 239 g/mol. The lowest BCUT2D eigenvalue weighted by atomic mass is 10.0. The highest BCUT2D eigenvalue weighted by atomic mass is 16.3. The van der Waals surface area contributed by atoms with Gasteiger partial charge < -0.3 is 10.0 Å². The zero-order valence-corrected chi connectivity index (χ0v) is 11.1. The van der Waals surface area contributed by atoms with E-state index in [1.807, 2.05) is 11.8 Å². The summed E-state index contributed by atoms with van der Waals surface area (Å²) in [5.41, 5.74) is 0. The Bertz CT molecular complexity index is 277. The van der Waals surface area contributed by atoms with Crippen LogP contribution in [0.5, 0.6) is 0 Å². The van der Waals surface area contributed by atoms with Crippen LogP contribution in [-0.4, -0.2) is 35.1 Å². The lowest BCUT2D eigenvalue weighted by Gasteiger charge is -2.19. The van der Waals surface area contributed by atoms with Gasteiger partial charge in [-0.2, -0.15) is 0 Å². The molecule has 98 valence electrons. The van der Waals surface area contributed by atoms with Gasteiger partial charge in [0.1, 0.15) is 0 Å². The molecule has 2 aliphatic rings. The maximum atomic E-state index is 12.1. The predicted octanol–water partition coefficient (Wildman–Crippen LogP) is 2.04. The summed E-state index contributed by atoms with van der Waals surface area (Å²) in [6.45, 7) is 5.72. The Kier molecular flexibility index (Phi) is 4.08. The van der Waals surface area contributed by atoms with Crippen molar-refractivity contribution in [2.24, 2.45) is 17.8 Å². The third-order valence-electron chi connectivity index (χ3n) is 4.53. The normalized spacial score (nSPS) is 35.2. The number of carbonyl (C=O) groups excluding carboxylic acids is 1. The van der Waals surface area contributed by atoms with Gasteiger partial charge in [0.05, 0.1) is 6.10 Å². The Labute approximate surface area is 104 Å². The summed E-state index contributed by atoms with van der Waals surface area (Å²) in [5, 5.41) is 9.53. The number of likely N-dealkylation sites (tertiary alicyclic amines) is 1. The van der Waals surface area contributed by atoms with E-state index in [1.54, 1.807) is 0 Å². The minimum Gasteiger partial charge on any atom is -0.393 e. The smallest absolute Gasteiger partial charge is 0.222 e. The van der Waals surface area contributed by atoms with Crippen molar-refractivity contribution in [3.63, 3.8) is 0 Å². The fourth-order valence-electron chi connectivity index (χ4n) is 3.29. The number of aliphatic hydroxyl groups excluding tert-OH is 1. The summed E-state index contributed by atoms with van der Waals surface area (Å²) >= 11 is 0. The van der Waals surface area contributed by atoms with Gasteiger partial charge in [0.25, 0.3) is 0 Å². The zero-order valence-electron chi connectivity index (χ0n) is 11.1. The molecule has 17 heavy (non-hydrogen) atoms. The topological polar surface area (TPSA) is 40.5 Å². The molecule has 0 radical (unpaired) electrons. The first-order valence-electron chi connectivity index (χ1n) is 7.02. The van der Waals surface area contributed by atoms with Gasteiger partial charge in [-0.05, 0) is 38.0 Å². The van der Waals surface area contributed by atoms with Crippen LogP contribution in [0.4, 0.5) is 0 Å². The maximum Gasteiger partial charge on any atom is 0.222 e. The Balaban J connectivity index is 1.77. The third-order valence-corrected chi connectivity index (χ3v) is 4.53. The Morgan fingerprint density at radius 2 is 2.18 bits per heavy atom. The number of carbonyl (C=O) groups is 1. The molecule has 0 bridgehead atoms. The molecule has 4 atom stereocenters. The molecule has 0 aromatic rings. The molecule has 4 unspecified atom stereocenters. The van der Waals surface area contributed by atoms with E-state index in [1.165, 1.54) is 19.3 Å². The molecule has 2 rings (SSSR count).